The van der Waals surface area contributed by atoms with Crippen LogP contribution < -0.4 is 5.32 Å². The van der Waals surface area contributed by atoms with E-state index in [0.29, 0.717) is 0 Å². The van der Waals surface area contributed by atoms with Crippen molar-refractivity contribution in [3.8, 4) is 5.75 Å². The molecule has 6 heteroatoms. The standard InChI is InChI=1S/C21H18N2O4/c24-20-12-11-17(23(26)27)13-19(20)22-21(25)14-18(15-7-3-1-4-8-15)16-9-5-2-6-10-16/h1-13,18,24H,14H2,(H,22,25). The highest BCUT2D eigenvalue weighted by Gasteiger charge is 2.19. The second-order valence-electron chi connectivity index (χ2n) is 6.08. The van der Waals surface area contributed by atoms with E-state index in [9.17, 15) is 20.0 Å². The molecular formula is C21H18N2O4. The number of aromatic hydroxyl groups is 1. The van der Waals surface area contributed by atoms with Crippen molar-refractivity contribution in [2.24, 2.45) is 0 Å². The monoisotopic (exact) mass is 362 g/mol. The van der Waals surface area contributed by atoms with Gasteiger partial charge in [0.1, 0.15) is 5.75 Å². The molecule has 0 aliphatic carbocycles. The van der Waals surface area contributed by atoms with Gasteiger partial charge in [-0.15, -0.1) is 0 Å². The highest BCUT2D eigenvalue weighted by atomic mass is 16.6. The zero-order valence-corrected chi connectivity index (χ0v) is 14.4. The topological polar surface area (TPSA) is 92.5 Å². The van der Waals surface area contributed by atoms with Crippen molar-refractivity contribution in [2.75, 3.05) is 5.32 Å². The molecule has 0 saturated carbocycles. The molecule has 0 heterocycles. The van der Waals surface area contributed by atoms with Gasteiger partial charge in [0, 0.05) is 24.5 Å². The summed E-state index contributed by atoms with van der Waals surface area (Å²) in [5.74, 6) is -0.735. The third-order valence-corrected chi connectivity index (χ3v) is 4.26. The summed E-state index contributed by atoms with van der Waals surface area (Å²) < 4.78 is 0. The minimum Gasteiger partial charge on any atom is -0.506 e. The second-order valence-corrected chi connectivity index (χ2v) is 6.08. The molecule has 0 aliphatic rings. The highest BCUT2D eigenvalue weighted by Crippen LogP contribution is 2.31. The Labute approximate surface area is 156 Å². The van der Waals surface area contributed by atoms with Crippen LogP contribution in [0.1, 0.15) is 23.5 Å². The van der Waals surface area contributed by atoms with Crippen LogP contribution in [-0.2, 0) is 4.79 Å². The number of carbonyl (C=O) groups is 1. The van der Waals surface area contributed by atoms with E-state index in [-0.39, 0.29) is 35.4 Å². The molecule has 0 aromatic heterocycles. The van der Waals surface area contributed by atoms with E-state index in [1.54, 1.807) is 0 Å². The van der Waals surface area contributed by atoms with Gasteiger partial charge < -0.3 is 10.4 Å². The maximum atomic E-state index is 12.6. The molecule has 3 aromatic rings. The van der Waals surface area contributed by atoms with E-state index in [1.807, 2.05) is 60.7 Å². The molecule has 0 aliphatic heterocycles. The van der Waals surface area contributed by atoms with Gasteiger partial charge in [0.2, 0.25) is 5.91 Å². The first kappa shape index (κ1) is 18.1. The number of nitrogens with zero attached hydrogens (tertiary/aromatic N) is 1. The lowest BCUT2D eigenvalue weighted by Crippen LogP contribution is -2.16. The van der Waals surface area contributed by atoms with Gasteiger partial charge in [0.25, 0.3) is 5.69 Å². The third-order valence-electron chi connectivity index (χ3n) is 4.26. The SMILES string of the molecule is O=C(CC(c1ccccc1)c1ccccc1)Nc1cc([N+](=O)[O-])ccc1O. The molecule has 0 saturated heterocycles. The minimum absolute atomic E-state index is 0.0223. The Balaban J connectivity index is 1.84. The van der Waals surface area contributed by atoms with E-state index >= 15 is 0 Å². The average molecular weight is 362 g/mol. The Hall–Kier alpha value is -3.67. The molecule has 2 N–H and O–H groups in total. The smallest absolute Gasteiger partial charge is 0.271 e. The molecular weight excluding hydrogens is 344 g/mol. The lowest BCUT2D eigenvalue weighted by atomic mass is 9.88. The van der Waals surface area contributed by atoms with Crippen LogP contribution in [0, 0.1) is 10.1 Å². The number of phenolic OH excluding ortho intramolecular Hbond substituents is 1. The summed E-state index contributed by atoms with van der Waals surface area (Å²) in [5, 5.41) is 23.4. The van der Waals surface area contributed by atoms with Gasteiger partial charge in [0.15, 0.2) is 0 Å². The van der Waals surface area contributed by atoms with E-state index in [4.69, 9.17) is 0 Å². The first-order chi connectivity index (χ1) is 13.0. The number of benzene rings is 3. The van der Waals surface area contributed by atoms with Crippen molar-refractivity contribution < 1.29 is 14.8 Å². The average Bonchev–Trinajstić information content (AvgIpc) is 2.69. The fraction of sp³-hybridized carbons (Fsp3) is 0.0952. The summed E-state index contributed by atoms with van der Waals surface area (Å²) in [6.07, 6.45) is 0.135. The molecule has 0 fully saturated rings. The summed E-state index contributed by atoms with van der Waals surface area (Å²) in [6, 6.07) is 22.8. The minimum atomic E-state index is -0.578. The van der Waals surface area contributed by atoms with Crippen LogP contribution >= 0.6 is 0 Å². The molecule has 3 aromatic carbocycles. The van der Waals surface area contributed by atoms with E-state index < -0.39 is 4.92 Å². The first-order valence-corrected chi connectivity index (χ1v) is 8.42. The maximum absolute atomic E-state index is 12.6. The van der Waals surface area contributed by atoms with Crippen molar-refractivity contribution >= 4 is 17.3 Å². The summed E-state index contributed by atoms with van der Waals surface area (Å²) >= 11 is 0. The van der Waals surface area contributed by atoms with Crippen LogP contribution in [0.4, 0.5) is 11.4 Å². The maximum Gasteiger partial charge on any atom is 0.271 e. The van der Waals surface area contributed by atoms with Crippen molar-refractivity contribution in [1.29, 1.82) is 0 Å². The summed E-state index contributed by atoms with van der Waals surface area (Å²) in [7, 11) is 0. The zero-order valence-electron chi connectivity index (χ0n) is 14.4. The molecule has 0 atom stereocenters. The predicted octanol–water partition coefficient (Wildman–Crippen LogP) is 4.46. The number of hydrogen-bond donors (Lipinski definition) is 2. The van der Waals surface area contributed by atoms with Crippen LogP contribution in [0.15, 0.2) is 78.9 Å². The normalized spacial score (nSPS) is 10.6. The Bertz CT molecular complexity index is 903. The number of phenols is 1. The molecule has 6 nitrogen and oxygen atoms in total. The molecule has 0 radical (unpaired) electrons. The number of nitro benzene ring substituents is 1. The van der Waals surface area contributed by atoms with Gasteiger partial charge in [-0.3, -0.25) is 14.9 Å². The van der Waals surface area contributed by atoms with E-state index in [2.05, 4.69) is 5.32 Å². The lowest BCUT2D eigenvalue weighted by Gasteiger charge is -2.18. The van der Waals surface area contributed by atoms with Gasteiger partial charge in [-0.1, -0.05) is 60.7 Å². The fourth-order valence-corrected chi connectivity index (χ4v) is 2.92. The van der Waals surface area contributed by atoms with Gasteiger partial charge in [-0.25, -0.2) is 0 Å². The van der Waals surface area contributed by atoms with Crippen molar-refractivity contribution in [1.82, 2.24) is 0 Å². The Morgan fingerprint density at radius 1 is 0.963 bits per heavy atom. The largest absolute Gasteiger partial charge is 0.506 e. The third kappa shape index (κ3) is 4.49. The number of non-ortho nitro benzene ring substituents is 1. The van der Waals surface area contributed by atoms with Crippen LogP contribution in [0.2, 0.25) is 0 Å². The van der Waals surface area contributed by atoms with Crippen LogP contribution in [-0.4, -0.2) is 15.9 Å². The number of amides is 1. The molecule has 0 unspecified atom stereocenters. The molecule has 3 rings (SSSR count). The number of rotatable bonds is 6. The molecule has 0 spiro atoms. The highest BCUT2D eigenvalue weighted by molar-refractivity contribution is 5.93. The molecule has 27 heavy (non-hydrogen) atoms. The number of nitro groups is 1. The van der Waals surface area contributed by atoms with E-state index in [1.165, 1.54) is 12.1 Å². The quantitative estimate of drug-likeness (QED) is 0.385. The Kier molecular flexibility index (Phi) is 5.47. The van der Waals surface area contributed by atoms with Crippen LogP contribution in [0.5, 0.6) is 5.75 Å². The van der Waals surface area contributed by atoms with Gasteiger partial charge >= 0.3 is 0 Å². The summed E-state index contributed by atoms with van der Waals surface area (Å²) in [6.45, 7) is 0. The summed E-state index contributed by atoms with van der Waals surface area (Å²) in [5.41, 5.74) is 1.80. The summed E-state index contributed by atoms with van der Waals surface area (Å²) in [4.78, 5) is 22.9. The number of carbonyl (C=O) groups excluding carboxylic acids is 1. The second kappa shape index (κ2) is 8.14. The van der Waals surface area contributed by atoms with Crippen molar-refractivity contribution in [3.63, 3.8) is 0 Å². The number of nitrogens with one attached hydrogen (secondary N) is 1. The Morgan fingerprint density at radius 2 is 1.52 bits per heavy atom. The van der Waals surface area contributed by atoms with Gasteiger partial charge in [-0.2, -0.15) is 0 Å². The predicted molar refractivity (Wildman–Crippen MR) is 103 cm³/mol. The zero-order chi connectivity index (χ0) is 19.2. The van der Waals surface area contributed by atoms with Crippen molar-refractivity contribution in [3.05, 3.63) is 100 Å². The Morgan fingerprint density at radius 3 is 2.04 bits per heavy atom. The first-order valence-electron chi connectivity index (χ1n) is 8.42. The molecule has 136 valence electrons. The molecule has 0 bridgehead atoms. The van der Waals surface area contributed by atoms with Crippen LogP contribution in [0.3, 0.4) is 0 Å². The van der Waals surface area contributed by atoms with Gasteiger partial charge in [-0.05, 0) is 17.2 Å². The number of hydrogen-bond acceptors (Lipinski definition) is 4. The van der Waals surface area contributed by atoms with Crippen LogP contribution in [0.25, 0.3) is 0 Å². The lowest BCUT2D eigenvalue weighted by molar-refractivity contribution is -0.384. The molecule has 1 amide bonds. The van der Waals surface area contributed by atoms with E-state index in [0.717, 1.165) is 17.2 Å². The number of anilines is 1. The van der Waals surface area contributed by atoms with Crippen molar-refractivity contribution in [2.45, 2.75) is 12.3 Å². The van der Waals surface area contributed by atoms with Gasteiger partial charge in [0.05, 0.1) is 10.6 Å². The fourth-order valence-electron chi connectivity index (χ4n) is 2.92.